The van der Waals surface area contributed by atoms with E-state index < -0.39 is 40.0 Å². The lowest BCUT2D eigenvalue weighted by molar-refractivity contribution is 0.343. The Morgan fingerprint density at radius 1 is 0.514 bits per heavy atom. The van der Waals surface area contributed by atoms with Gasteiger partial charge in [-0.1, -0.05) is 72.8 Å². The van der Waals surface area contributed by atoms with Gasteiger partial charge in [-0.15, -0.1) is 0 Å². The fourth-order valence-electron chi connectivity index (χ4n) is 2.40. The van der Waals surface area contributed by atoms with Crippen molar-refractivity contribution in [2.75, 3.05) is 7.11 Å². The maximum absolute atomic E-state index is 9.33. The van der Waals surface area contributed by atoms with Gasteiger partial charge in [-0.25, -0.2) is 0 Å². The number of para-hydroxylation sites is 4. The van der Waals surface area contributed by atoms with Crippen LogP contribution in [0.3, 0.4) is 0 Å². The van der Waals surface area contributed by atoms with E-state index in [1.165, 1.54) is 7.11 Å². The highest BCUT2D eigenvalue weighted by atomic mass is 31.1. The first-order chi connectivity index (χ1) is 17.2. The van der Waals surface area contributed by atoms with Crippen molar-refractivity contribution in [3.63, 3.8) is 0 Å². The van der Waals surface area contributed by atoms with Crippen LogP contribution < -0.4 is 15.2 Å². The predicted octanol–water partition coefficient (Wildman–Crippen LogP) is 4.84. The second-order valence-corrected chi connectivity index (χ2v) is 9.10. The Kier molecular flexibility index (Phi) is 15.2. The minimum absolute atomic E-state index is 0.875. The van der Waals surface area contributed by atoms with Crippen molar-refractivity contribution in [2.24, 2.45) is 0 Å². The van der Waals surface area contributed by atoms with Gasteiger partial charge in [0.05, 0.1) is 23.0 Å². The van der Waals surface area contributed by atoms with Crippen LogP contribution in [-0.2, 0) is 9.09 Å². The Morgan fingerprint density at radius 2 is 0.714 bits per heavy atom. The van der Waals surface area contributed by atoms with E-state index in [2.05, 4.69) is 4.52 Å². The molecular formula is C25H27Al2O7P. The number of hydrogen-bond acceptors (Lipinski definition) is 6. The van der Waals surface area contributed by atoms with Gasteiger partial charge < -0.3 is 24.6 Å². The summed E-state index contributed by atoms with van der Waals surface area (Å²) in [5.41, 5.74) is 0. The van der Waals surface area contributed by atoms with Gasteiger partial charge in [0.15, 0.2) is 0 Å². The highest BCUT2D eigenvalue weighted by Gasteiger charge is 2.03. The van der Waals surface area contributed by atoms with E-state index >= 15 is 0 Å². The van der Waals surface area contributed by atoms with Gasteiger partial charge in [0.2, 0.25) is 0 Å². The van der Waals surface area contributed by atoms with Crippen LogP contribution in [-0.4, -0.2) is 43.8 Å². The zero-order valence-electron chi connectivity index (χ0n) is 19.4. The molecule has 0 saturated heterocycles. The van der Waals surface area contributed by atoms with Gasteiger partial charge >= 0.3 is 40.0 Å². The van der Waals surface area contributed by atoms with Gasteiger partial charge in [-0.2, -0.15) is 0 Å². The van der Waals surface area contributed by atoms with Crippen LogP contribution in [0, 0.1) is 0 Å². The zero-order valence-corrected chi connectivity index (χ0v) is 23.2. The fourth-order valence-corrected chi connectivity index (χ4v) is 3.83. The van der Waals surface area contributed by atoms with Gasteiger partial charge in [0, 0.05) is 7.11 Å². The molecule has 0 saturated carbocycles. The molecule has 4 aromatic carbocycles. The van der Waals surface area contributed by atoms with Gasteiger partial charge in [-0.05, 0) is 48.5 Å². The molecule has 0 aliphatic carbocycles. The third-order valence-corrected chi connectivity index (χ3v) is 6.20. The van der Waals surface area contributed by atoms with Crippen molar-refractivity contribution < 1.29 is 29.1 Å². The molecule has 7 nitrogen and oxygen atoms in total. The molecular weight excluding hydrogens is 497 g/mol. The standard InChI is InChI=1S/4C6H6O.CH5O3P.2Al.2H/c4*7-6-4-2-1-3-5-6;1-4-5(2)3;;;;/h4*1-5,7H;5H,1H3,(H,2,3);;;;/q;;;;;2*+2;;/p-4. The fraction of sp³-hybridized carbons (Fsp3) is 0.0400. The maximum Gasteiger partial charge on any atom is 0.832 e. The summed E-state index contributed by atoms with van der Waals surface area (Å²) < 4.78 is 35.3. The SMILES string of the molecule is CO[PH](=O)O.c1ccc([O][AlH][O]c2ccccc2)cc1.c1ccc([O][AlH][O]c2ccccc2)cc1. The van der Waals surface area contributed by atoms with Crippen LogP contribution in [0.15, 0.2) is 121 Å². The second kappa shape index (κ2) is 18.6. The molecule has 1 N–H and O–H groups in total. The van der Waals surface area contributed by atoms with Gasteiger partial charge in [-0.3, -0.25) is 4.57 Å². The van der Waals surface area contributed by atoms with Crippen molar-refractivity contribution in [3.8, 4) is 23.0 Å². The van der Waals surface area contributed by atoms with Crippen molar-refractivity contribution in [2.45, 2.75) is 0 Å². The molecule has 0 radical (unpaired) electrons. The van der Waals surface area contributed by atoms with Crippen LogP contribution in [0.2, 0.25) is 0 Å². The van der Waals surface area contributed by atoms with E-state index in [0.717, 1.165) is 23.0 Å². The summed E-state index contributed by atoms with van der Waals surface area (Å²) in [6.45, 7) is 0. The van der Waals surface area contributed by atoms with Gasteiger partial charge in [0.1, 0.15) is 0 Å². The molecule has 0 aromatic heterocycles. The molecule has 0 amide bonds. The molecule has 1 atom stereocenters. The molecule has 0 heterocycles. The Morgan fingerprint density at radius 3 is 0.886 bits per heavy atom. The van der Waals surface area contributed by atoms with E-state index in [-0.39, 0.29) is 0 Å². The first-order valence-electron chi connectivity index (χ1n) is 10.7. The molecule has 0 bridgehead atoms. The summed E-state index contributed by atoms with van der Waals surface area (Å²) in [4.78, 5) is 7.69. The molecule has 0 spiro atoms. The van der Waals surface area contributed by atoms with E-state index in [1.54, 1.807) is 0 Å². The van der Waals surface area contributed by atoms with E-state index in [1.807, 2.05) is 121 Å². The van der Waals surface area contributed by atoms with Crippen molar-refractivity contribution >= 4 is 40.0 Å². The Hall–Kier alpha value is -2.71. The predicted molar refractivity (Wildman–Crippen MR) is 141 cm³/mol. The highest BCUT2D eigenvalue weighted by molar-refractivity contribution is 7.32. The third-order valence-electron chi connectivity index (χ3n) is 4.05. The van der Waals surface area contributed by atoms with E-state index in [4.69, 9.17) is 20.0 Å². The molecule has 35 heavy (non-hydrogen) atoms. The molecule has 0 aliphatic heterocycles. The van der Waals surface area contributed by atoms with Crippen LogP contribution in [0.5, 0.6) is 23.0 Å². The number of hydrogen-bond donors (Lipinski definition) is 1. The van der Waals surface area contributed by atoms with Crippen molar-refractivity contribution in [1.29, 1.82) is 0 Å². The lowest BCUT2D eigenvalue weighted by Crippen LogP contribution is -2.10. The summed E-state index contributed by atoms with van der Waals surface area (Å²) in [5, 5.41) is 0. The lowest BCUT2D eigenvalue weighted by atomic mass is 10.3. The number of rotatable bonds is 9. The summed E-state index contributed by atoms with van der Waals surface area (Å²) in [6, 6.07) is 38.9. The Bertz CT molecular complexity index is 900. The van der Waals surface area contributed by atoms with Gasteiger partial charge in [0.25, 0.3) is 0 Å². The first kappa shape index (κ1) is 28.5. The molecule has 10 heteroatoms. The summed E-state index contributed by atoms with van der Waals surface area (Å²) in [5.74, 6) is 3.50. The quantitative estimate of drug-likeness (QED) is 0.248. The van der Waals surface area contributed by atoms with Crippen LogP contribution in [0.4, 0.5) is 0 Å². The first-order valence-corrected chi connectivity index (χ1v) is 14.2. The molecule has 1 unspecified atom stereocenters. The van der Waals surface area contributed by atoms with Crippen molar-refractivity contribution in [1.82, 2.24) is 0 Å². The lowest BCUT2D eigenvalue weighted by Gasteiger charge is -2.07. The average Bonchev–Trinajstić information content (AvgIpc) is 2.92. The minimum atomic E-state index is -2.62. The van der Waals surface area contributed by atoms with Crippen LogP contribution >= 0.6 is 8.25 Å². The van der Waals surface area contributed by atoms with E-state index in [0.29, 0.717) is 0 Å². The Balaban J connectivity index is 0.000000208. The third kappa shape index (κ3) is 14.3. The van der Waals surface area contributed by atoms with E-state index in [9.17, 15) is 4.57 Å². The Labute approximate surface area is 219 Å². The largest absolute Gasteiger partial charge is 0.832 e. The molecule has 4 rings (SSSR count). The summed E-state index contributed by atoms with van der Waals surface area (Å²) >= 11 is -1.97. The molecule has 0 aliphatic rings. The number of benzene rings is 4. The van der Waals surface area contributed by atoms with Crippen LogP contribution in [0.25, 0.3) is 0 Å². The minimum Gasteiger partial charge on any atom is -0.614 e. The second-order valence-electron chi connectivity index (χ2n) is 6.54. The zero-order chi connectivity index (χ0) is 25.0. The van der Waals surface area contributed by atoms with Crippen LogP contribution in [0.1, 0.15) is 0 Å². The molecule has 4 aromatic rings. The smallest absolute Gasteiger partial charge is 0.614 e. The average molecular weight is 524 g/mol. The van der Waals surface area contributed by atoms with Crippen molar-refractivity contribution in [3.05, 3.63) is 121 Å². The normalized spacial score (nSPS) is 10.1. The topological polar surface area (TPSA) is 83.5 Å². The highest BCUT2D eigenvalue weighted by Crippen LogP contribution is 2.12. The maximum atomic E-state index is 9.33. The summed E-state index contributed by atoms with van der Waals surface area (Å²) in [7, 11) is -1.44. The summed E-state index contributed by atoms with van der Waals surface area (Å²) in [6.07, 6.45) is 0. The monoisotopic (exact) mass is 524 g/mol. The molecule has 0 fully saturated rings. The molecule has 180 valence electrons.